The Morgan fingerprint density at radius 1 is 0.857 bits per heavy atom. The van der Waals surface area contributed by atoms with Crippen LogP contribution in [-0.4, -0.2) is 24.5 Å². The van der Waals surface area contributed by atoms with E-state index >= 15 is 0 Å². The largest absolute Gasteiger partial charge is 0.416 e. The standard InChI is InChI=1S/C24H28F3N/c1-23(2,3)21-8-4-18(5-9-21)12-15-28-16-13-20(14-17-28)19-6-10-22(11-7-19)24(25,26)27/h4-11,13H,12,14-17H2,1-3H3. The molecule has 0 fully saturated rings. The first-order valence-electron chi connectivity index (χ1n) is 9.81. The van der Waals surface area contributed by atoms with E-state index in [9.17, 15) is 13.2 Å². The van der Waals surface area contributed by atoms with Gasteiger partial charge in [-0.3, -0.25) is 4.90 Å². The number of nitrogens with zero attached hydrogens (tertiary/aromatic N) is 1. The van der Waals surface area contributed by atoms with Gasteiger partial charge in [0.2, 0.25) is 0 Å². The zero-order chi connectivity index (χ0) is 20.4. The summed E-state index contributed by atoms with van der Waals surface area (Å²) in [6, 6.07) is 14.4. The van der Waals surface area contributed by atoms with Crippen molar-refractivity contribution < 1.29 is 13.2 Å². The summed E-state index contributed by atoms with van der Waals surface area (Å²) in [5.74, 6) is 0. The van der Waals surface area contributed by atoms with Crippen LogP contribution in [0.15, 0.2) is 54.6 Å². The van der Waals surface area contributed by atoms with Crippen LogP contribution in [0.25, 0.3) is 5.57 Å². The van der Waals surface area contributed by atoms with Gasteiger partial charge >= 0.3 is 6.18 Å². The fourth-order valence-corrected chi connectivity index (χ4v) is 3.51. The molecule has 150 valence electrons. The van der Waals surface area contributed by atoms with Crippen molar-refractivity contribution in [3.8, 4) is 0 Å². The minimum atomic E-state index is -4.28. The minimum absolute atomic E-state index is 0.172. The molecule has 2 aromatic rings. The van der Waals surface area contributed by atoms with E-state index in [0.29, 0.717) is 0 Å². The molecule has 0 aliphatic carbocycles. The summed E-state index contributed by atoms with van der Waals surface area (Å²) in [5, 5.41) is 0. The first-order valence-corrected chi connectivity index (χ1v) is 9.81. The Kier molecular flexibility index (Phi) is 5.99. The van der Waals surface area contributed by atoms with Gasteiger partial charge in [0.05, 0.1) is 5.56 Å². The number of alkyl halides is 3. The van der Waals surface area contributed by atoms with Gasteiger partial charge in [0, 0.05) is 19.6 Å². The molecule has 4 heteroatoms. The highest BCUT2D eigenvalue weighted by atomic mass is 19.4. The monoisotopic (exact) mass is 387 g/mol. The van der Waals surface area contributed by atoms with Gasteiger partial charge in [0.25, 0.3) is 0 Å². The molecule has 1 aliphatic rings. The molecule has 1 heterocycles. The zero-order valence-corrected chi connectivity index (χ0v) is 16.8. The van der Waals surface area contributed by atoms with Crippen LogP contribution in [0.3, 0.4) is 0 Å². The van der Waals surface area contributed by atoms with E-state index in [-0.39, 0.29) is 5.41 Å². The summed E-state index contributed by atoms with van der Waals surface area (Å²) in [6.07, 6.45) is -0.252. The normalized spacial score (nSPS) is 16.1. The summed E-state index contributed by atoms with van der Waals surface area (Å²) in [5.41, 5.74) is 4.30. The maximum absolute atomic E-state index is 12.7. The minimum Gasteiger partial charge on any atom is -0.299 e. The molecule has 1 aliphatic heterocycles. The average Bonchev–Trinajstić information content (AvgIpc) is 2.66. The Balaban J connectivity index is 1.54. The van der Waals surface area contributed by atoms with Crippen molar-refractivity contribution >= 4 is 5.57 Å². The van der Waals surface area contributed by atoms with Crippen molar-refractivity contribution in [1.82, 2.24) is 4.90 Å². The first-order chi connectivity index (χ1) is 13.1. The highest BCUT2D eigenvalue weighted by molar-refractivity contribution is 5.66. The molecule has 1 nitrogen and oxygen atoms in total. The van der Waals surface area contributed by atoms with Crippen molar-refractivity contribution in [2.45, 2.75) is 45.2 Å². The Bertz CT molecular complexity index is 809. The molecule has 2 aromatic carbocycles. The topological polar surface area (TPSA) is 3.24 Å². The van der Waals surface area contributed by atoms with E-state index in [1.165, 1.54) is 23.3 Å². The number of hydrogen-bond donors (Lipinski definition) is 0. The second kappa shape index (κ2) is 8.12. The van der Waals surface area contributed by atoms with Gasteiger partial charge in [-0.05, 0) is 52.7 Å². The second-order valence-electron chi connectivity index (χ2n) is 8.55. The van der Waals surface area contributed by atoms with Gasteiger partial charge in [0.1, 0.15) is 0 Å². The smallest absolute Gasteiger partial charge is 0.299 e. The Hall–Kier alpha value is -2.07. The Morgan fingerprint density at radius 3 is 1.96 bits per heavy atom. The van der Waals surface area contributed by atoms with Crippen LogP contribution in [0, 0.1) is 0 Å². The lowest BCUT2D eigenvalue weighted by atomic mass is 9.86. The van der Waals surface area contributed by atoms with Crippen LogP contribution in [0.5, 0.6) is 0 Å². The fraction of sp³-hybridized carbons (Fsp3) is 0.417. The van der Waals surface area contributed by atoms with Gasteiger partial charge in [-0.25, -0.2) is 0 Å². The molecule has 0 radical (unpaired) electrons. The summed E-state index contributed by atoms with van der Waals surface area (Å²) in [6.45, 7) is 9.43. The summed E-state index contributed by atoms with van der Waals surface area (Å²) < 4.78 is 38.1. The molecular weight excluding hydrogens is 359 g/mol. The highest BCUT2D eigenvalue weighted by Gasteiger charge is 2.30. The number of halogens is 3. The van der Waals surface area contributed by atoms with E-state index in [1.807, 2.05) is 0 Å². The van der Waals surface area contributed by atoms with Crippen molar-refractivity contribution in [2.24, 2.45) is 0 Å². The molecule has 0 bridgehead atoms. The number of benzene rings is 2. The molecule has 0 N–H and O–H groups in total. The quantitative estimate of drug-likeness (QED) is 0.592. The number of rotatable bonds is 4. The first kappa shape index (κ1) is 20.7. The van der Waals surface area contributed by atoms with Crippen LogP contribution in [0.4, 0.5) is 13.2 Å². The molecule has 0 saturated carbocycles. The van der Waals surface area contributed by atoms with Gasteiger partial charge in [0.15, 0.2) is 0 Å². The van der Waals surface area contributed by atoms with Gasteiger partial charge < -0.3 is 0 Å². The maximum Gasteiger partial charge on any atom is 0.416 e. The van der Waals surface area contributed by atoms with Crippen LogP contribution >= 0.6 is 0 Å². The Labute approximate surface area is 165 Å². The van der Waals surface area contributed by atoms with E-state index in [2.05, 4.69) is 56.0 Å². The summed E-state index contributed by atoms with van der Waals surface area (Å²) in [7, 11) is 0. The molecule has 0 spiro atoms. The lowest BCUT2D eigenvalue weighted by molar-refractivity contribution is -0.137. The van der Waals surface area contributed by atoms with E-state index in [4.69, 9.17) is 0 Å². The molecule has 3 rings (SSSR count). The van der Waals surface area contributed by atoms with Crippen molar-refractivity contribution in [2.75, 3.05) is 19.6 Å². The van der Waals surface area contributed by atoms with Crippen LogP contribution in [0.2, 0.25) is 0 Å². The van der Waals surface area contributed by atoms with Gasteiger partial charge in [-0.2, -0.15) is 13.2 Å². The van der Waals surface area contributed by atoms with Crippen LogP contribution in [-0.2, 0) is 18.0 Å². The predicted molar refractivity (Wildman–Crippen MR) is 109 cm³/mol. The second-order valence-corrected chi connectivity index (χ2v) is 8.55. The molecule has 0 aromatic heterocycles. The predicted octanol–water partition coefficient (Wildman–Crippen LogP) is 6.33. The van der Waals surface area contributed by atoms with Crippen molar-refractivity contribution in [1.29, 1.82) is 0 Å². The fourth-order valence-electron chi connectivity index (χ4n) is 3.51. The Morgan fingerprint density at radius 2 is 1.46 bits per heavy atom. The third kappa shape index (κ3) is 5.26. The van der Waals surface area contributed by atoms with Gasteiger partial charge in [-0.1, -0.05) is 63.2 Å². The SMILES string of the molecule is CC(C)(C)c1ccc(CCN2CC=C(c3ccc(C(F)(F)F)cc3)CC2)cc1. The van der Waals surface area contributed by atoms with Crippen molar-refractivity contribution in [3.05, 3.63) is 76.9 Å². The molecule has 0 unspecified atom stereocenters. The summed E-state index contributed by atoms with van der Waals surface area (Å²) in [4.78, 5) is 2.39. The van der Waals surface area contributed by atoms with E-state index < -0.39 is 11.7 Å². The molecule has 28 heavy (non-hydrogen) atoms. The summed E-state index contributed by atoms with van der Waals surface area (Å²) >= 11 is 0. The molecule has 0 amide bonds. The lowest BCUT2D eigenvalue weighted by Crippen LogP contribution is -2.30. The van der Waals surface area contributed by atoms with Gasteiger partial charge in [-0.15, -0.1) is 0 Å². The number of hydrogen-bond acceptors (Lipinski definition) is 1. The zero-order valence-electron chi connectivity index (χ0n) is 16.8. The van der Waals surface area contributed by atoms with E-state index in [0.717, 1.165) is 43.6 Å². The van der Waals surface area contributed by atoms with Crippen LogP contribution in [0.1, 0.15) is 49.4 Å². The van der Waals surface area contributed by atoms with E-state index in [1.54, 1.807) is 12.1 Å². The third-order valence-electron chi connectivity index (χ3n) is 5.41. The average molecular weight is 387 g/mol. The maximum atomic E-state index is 12.7. The van der Waals surface area contributed by atoms with Crippen molar-refractivity contribution in [3.63, 3.8) is 0 Å². The molecule has 0 saturated heterocycles. The highest BCUT2D eigenvalue weighted by Crippen LogP contribution is 2.31. The van der Waals surface area contributed by atoms with Crippen LogP contribution < -0.4 is 0 Å². The lowest BCUT2D eigenvalue weighted by Gasteiger charge is -2.26. The third-order valence-corrected chi connectivity index (χ3v) is 5.41. The molecular formula is C24H28F3N. The molecule has 0 atom stereocenters.